The lowest BCUT2D eigenvalue weighted by Gasteiger charge is -2.19. The third-order valence-electron chi connectivity index (χ3n) is 6.48. The zero-order chi connectivity index (χ0) is 21.8. The summed E-state index contributed by atoms with van der Waals surface area (Å²) in [6.07, 6.45) is 5.55. The molecule has 1 aliphatic carbocycles. The number of aromatic nitrogens is 1. The maximum absolute atomic E-state index is 13.0. The van der Waals surface area contributed by atoms with Crippen molar-refractivity contribution in [2.45, 2.75) is 50.4 Å². The van der Waals surface area contributed by atoms with Gasteiger partial charge in [-0.15, -0.1) is 0 Å². The van der Waals surface area contributed by atoms with E-state index in [-0.39, 0.29) is 29.7 Å². The highest BCUT2D eigenvalue weighted by Gasteiger charge is 2.61. The molecule has 6 nitrogen and oxygen atoms in total. The predicted octanol–water partition coefficient (Wildman–Crippen LogP) is 4.55. The molecule has 7 heteroatoms. The molecule has 2 aromatic rings. The fourth-order valence-electron chi connectivity index (χ4n) is 4.57. The van der Waals surface area contributed by atoms with Gasteiger partial charge >= 0.3 is 11.9 Å². The van der Waals surface area contributed by atoms with E-state index in [1.165, 1.54) is 0 Å². The van der Waals surface area contributed by atoms with Crippen LogP contribution in [0.25, 0.3) is 10.9 Å². The Balaban J connectivity index is 1.37. The minimum absolute atomic E-state index is 0.112. The van der Waals surface area contributed by atoms with Crippen molar-refractivity contribution >= 4 is 34.4 Å². The van der Waals surface area contributed by atoms with Crippen LogP contribution in [0.2, 0.25) is 5.02 Å². The number of esters is 2. The Bertz CT molecular complexity index is 1140. The van der Waals surface area contributed by atoms with E-state index >= 15 is 0 Å². The van der Waals surface area contributed by atoms with Crippen molar-refractivity contribution in [3.63, 3.8) is 0 Å². The van der Waals surface area contributed by atoms with Gasteiger partial charge in [0.1, 0.15) is 18.0 Å². The highest BCUT2D eigenvalue weighted by Crippen LogP contribution is 2.49. The molecule has 0 radical (unpaired) electrons. The van der Waals surface area contributed by atoms with Gasteiger partial charge in [-0.25, -0.2) is 9.59 Å². The van der Waals surface area contributed by atoms with E-state index < -0.39 is 5.97 Å². The van der Waals surface area contributed by atoms with E-state index in [1.54, 1.807) is 30.5 Å². The molecule has 160 valence electrons. The van der Waals surface area contributed by atoms with Crippen LogP contribution in [0.5, 0.6) is 5.75 Å². The molecule has 0 unspecified atom stereocenters. The van der Waals surface area contributed by atoms with Crippen molar-refractivity contribution in [3.05, 3.63) is 59.3 Å². The number of epoxide rings is 1. The first-order valence-electron chi connectivity index (χ1n) is 10.4. The maximum Gasteiger partial charge on any atom is 0.339 e. The standard InChI is InChI=1S/C24H22ClNO5/c1-13-16-7-5-14(4-3-10-24(2)21(31-24)20(16)30-22(13)27)23(28)29-15-6-8-19-17(12-15)18(25)9-11-26-19/h4,6,8-9,11-12,16,20-21H,1,3,5,7,10H2,2H3/t16-,20-,21-,24+/m0/s1. The molecule has 2 aliphatic heterocycles. The average molecular weight is 440 g/mol. The number of allylic oxidation sites excluding steroid dienone is 1. The first kappa shape index (κ1) is 20.2. The zero-order valence-corrected chi connectivity index (χ0v) is 17.9. The van der Waals surface area contributed by atoms with Crippen LogP contribution in [0.3, 0.4) is 0 Å². The fourth-order valence-corrected chi connectivity index (χ4v) is 4.78. The predicted molar refractivity (Wildman–Crippen MR) is 115 cm³/mol. The number of hydrogen-bond acceptors (Lipinski definition) is 6. The molecule has 5 rings (SSSR count). The highest BCUT2D eigenvalue weighted by molar-refractivity contribution is 6.35. The topological polar surface area (TPSA) is 78.0 Å². The molecule has 0 bridgehead atoms. The van der Waals surface area contributed by atoms with Crippen LogP contribution in [-0.4, -0.2) is 34.7 Å². The van der Waals surface area contributed by atoms with Crippen LogP contribution >= 0.6 is 11.6 Å². The minimum atomic E-state index is -0.411. The third-order valence-corrected chi connectivity index (χ3v) is 6.81. The summed E-state index contributed by atoms with van der Waals surface area (Å²) in [4.78, 5) is 29.3. The third kappa shape index (κ3) is 3.64. The summed E-state index contributed by atoms with van der Waals surface area (Å²) in [5.41, 5.74) is 1.41. The van der Waals surface area contributed by atoms with Crippen LogP contribution in [0.1, 0.15) is 32.6 Å². The Morgan fingerprint density at radius 1 is 1.35 bits per heavy atom. The average Bonchev–Trinajstić information content (AvgIpc) is 3.33. The summed E-state index contributed by atoms with van der Waals surface area (Å²) >= 11 is 6.24. The number of fused-ring (bicyclic) bond motifs is 4. The maximum atomic E-state index is 13.0. The van der Waals surface area contributed by atoms with Gasteiger partial charge in [-0.2, -0.15) is 0 Å². The number of pyridine rings is 1. The fraction of sp³-hybridized carbons (Fsp3) is 0.375. The monoisotopic (exact) mass is 439 g/mol. The minimum Gasteiger partial charge on any atom is -0.455 e. The molecule has 0 spiro atoms. The van der Waals surface area contributed by atoms with Gasteiger partial charge in [0.25, 0.3) is 0 Å². The van der Waals surface area contributed by atoms with E-state index in [2.05, 4.69) is 11.6 Å². The van der Waals surface area contributed by atoms with E-state index in [0.717, 1.165) is 17.3 Å². The van der Waals surface area contributed by atoms with Gasteiger partial charge in [0.2, 0.25) is 0 Å². The normalized spacial score (nSPS) is 30.1. The molecular formula is C24H22ClNO5. The Labute approximate surface area is 184 Å². The number of nitrogens with zero attached hydrogens (tertiary/aromatic N) is 1. The number of benzene rings is 1. The molecule has 1 aromatic heterocycles. The highest BCUT2D eigenvalue weighted by atomic mass is 35.5. The SMILES string of the molecule is C=C1C(=O)O[C@H]2[C@H]1CCC(C(=O)Oc1ccc3nccc(Cl)c3c1)=CCC[C@@]1(C)O[C@@H]21. The summed E-state index contributed by atoms with van der Waals surface area (Å²) in [5.74, 6) is -0.545. The molecule has 1 aromatic carbocycles. The molecular weight excluding hydrogens is 418 g/mol. The molecule has 2 fully saturated rings. The molecule has 4 atom stereocenters. The summed E-state index contributed by atoms with van der Waals surface area (Å²) < 4.78 is 17.1. The second-order valence-corrected chi connectivity index (χ2v) is 8.93. The lowest BCUT2D eigenvalue weighted by molar-refractivity contribution is -0.140. The summed E-state index contributed by atoms with van der Waals surface area (Å²) in [5, 5.41) is 1.27. The summed E-state index contributed by atoms with van der Waals surface area (Å²) in [6.45, 7) is 5.93. The van der Waals surface area contributed by atoms with Crippen LogP contribution < -0.4 is 4.74 Å². The van der Waals surface area contributed by atoms with Gasteiger partial charge in [-0.3, -0.25) is 4.98 Å². The van der Waals surface area contributed by atoms with Crippen LogP contribution in [-0.2, 0) is 19.1 Å². The van der Waals surface area contributed by atoms with Crippen molar-refractivity contribution in [2.75, 3.05) is 0 Å². The van der Waals surface area contributed by atoms with Crippen molar-refractivity contribution < 1.29 is 23.8 Å². The largest absolute Gasteiger partial charge is 0.455 e. The van der Waals surface area contributed by atoms with E-state index in [1.807, 2.05) is 13.0 Å². The van der Waals surface area contributed by atoms with Crippen molar-refractivity contribution in [1.82, 2.24) is 4.98 Å². The second-order valence-electron chi connectivity index (χ2n) is 8.52. The molecule has 0 N–H and O–H groups in total. The van der Waals surface area contributed by atoms with E-state index in [0.29, 0.717) is 41.2 Å². The Hall–Kier alpha value is -2.70. The number of halogens is 1. The molecule has 0 amide bonds. The van der Waals surface area contributed by atoms with Crippen molar-refractivity contribution in [2.24, 2.45) is 5.92 Å². The van der Waals surface area contributed by atoms with Crippen LogP contribution in [0.4, 0.5) is 0 Å². The number of hydrogen-bond donors (Lipinski definition) is 0. The molecule has 2 saturated heterocycles. The lowest BCUT2D eigenvalue weighted by Crippen LogP contribution is -2.29. The van der Waals surface area contributed by atoms with Crippen molar-refractivity contribution in [3.8, 4) is 5.75 Å². The lowest BCUT2D eigenvalue weighted by atomic mass is 9.84. The van der Waals surface area contributed by atoms with Crippen molar-refractivity contribution in [1.29, 1.82) is 0 Å². The van der Waals surface area contributed by atoms with Gasteiger partial charge in [0.15, 0.2) is 0 Å². The van der Waals surface area contributed by atoms with Gasteiger partial charge in [0.05, 0.1) is 16.1 Å². The number of ether oxygens (including phenoxy) is 3. The van der Waals surface area contributed by atoms with E-state index in [9.17, 15) is 9.59 Å². The Kier molecular flexibility index (Phi) is 4.87. The number of rotatable bonds is 2. The summed E-state index contributed by atoms with van der Waals surface area (Å²) in [7, 11) is 0. The molecule has 3 heterocycles. The number of carbonyl (C=O) groups excluding carboxylic acids is 2. The summed E-state index contributed by atoms with van der Waals surface area (Å²) in [6, 6.07) is 6.89. The second kappa shape index (κ2) is 7.46. The van der Waals surface area contributed by atoms with Crippen LogP contribution in [0.15, 0.2) is 54.3 Å². The Morgan fingerprint density at radius 3 is 3.03 bits per heavy atom. The Morgan fingerprint density at radius 2 is 2.19 bits per heavy atom. The molecule has 0 saturated carbocycles. The first-order chi connectivity index (χ1) is 14.9. The first-order valence-corrected chi connectivity index (χ1v) is 10.8. The smallest absolute Gasteiger partial charge is 0.339 e. The molecule has 3 aliphatic rings. The van der Waals surface area contributed by atoms with Gasteiger partial charge in [-0.1, -0.05) is 24.3 Å². The zero-order valence-electron chi connectivity index (χ0n) is 17.1. The van der Waals surface area contributed by atoms with E-state index in [4.69, 9.17) is 25.8 Å². The van der Waals surface area contributed by atoms with Gasteiger partial charge in [-0.05, 0) is 56.9 Å². The van der Waals surface area contributed by atoms with Gasteiger partial charge in [0, 0.05) is 28.6 Å². The quantitative estimate of drug-likeness (QED) is 0.295. The van der Waals surface area contributed by atoms with Gasteiger partial charge < -0.3 is 14.2 Å². The molecule has 31 heavy (non-hydrogen) atoms. The van der Waals surface area contributed by atoms with Crippen LogP contribution in [0, 0.1) is 5.92 Å². The number of carbonyl (C=O) groups is 2.